The molecule has 3 fully saturated rings. The third kappa shape index (κ3) is 3.16. The van der Waals surface area contributed by atoms with Crippen molar-refractivity contribution in [2.45, 2.75) is 69.9 Å². The number of urea groups is 1. The van der Waals surface area contributed by atoms with Crippen LogP contribution in [-0.2, 0) is 4.79 Å². The molecule has 118 valence electrons. The third-order valence-electron chi connectivity index (χ3n) is 5.66. The van der Waals surface area contributed by atoms with E-state index in [0.717, 1.165) is 32.2 Å². The lowest BCUT2D eigenvalue weighted by atomic mass is 9.86. The minimum absolute atomic E-state index is 0.0883. The lowest BCUT2D eigenvalue weighted by Crippen LogP contribution is -2.53. The number of hydrogen-bond donors (Lipinski definition) is 2. The quantitative estimate of drug-likeness (QED) is 0.822. The number of rotatable bonds is 2. The molecule has 2 saturated carbocycles. The molecule has 0 spiro atoms. The summed E-state index contributed by atoms with van der Waals surface area (Å²) < 4.78 is 0. The summed E-state index contributed by atoms with van der Waals surface area (Å²) in [7, 11) is 0. The molecule has 5 nitrogen and oxygen atoms in total. The van der Waals surface area contributed by atoms with Crippen LogP contribution in [0.15, 0.2) is 0 Å². The molecule has 0 radical (unpaired) electrons. The summed E-state index contributed by atoms with van der Waals surface area (Å²) in [6, 6.07) is 0.703. The minimum Gasteiger partial charge on any atom is -0.481 e. The van der Waals surface area contributed by atoms with E-state index >= 15 is 0 Å². The van der Waals surface area contributed by atoms with Gasteiger partial charge >= 0.3 is 12.0 Å². The predicted molar refractivity (Wildman–Crippen MR) is 79.0 cm³/mol. The molecule has 1 heterocycles. The third-order valence-corrected chi connectivity index (χ3v) is 5.66. The molecule has 1 saturated heterocycles. The second-order valence-corrected chi connectivity index (χ2v) is 6.93. The topological polar surface area (TPSA) is 69.6 Å². The van der Waals surface area contributed by atoms with E-state index in [1.54, 1.807) is 0 Å². The van der Waals surface area contributed by atoms with Crippen LogP contribution in [0, 0.1) is 11.8 Å². The van der Waals surface area contributed by atoms with Gasteiger partial charge in [0.15, 0.2) is 0 Å². The first-order valence-electron chi connectivity index (χ1n) is 8.45. The van der Waals surface area contributed by atoms with Gasteiger partial charge in [0, 0.05) is 18.6 Å². The smallest absolute Gasteiger partial charge is 0.317 e. The summed E-state index contributed by atoms with van der Waals surface area (Å²) in [6.45, 7) is 0.886. The van der Waals surface area contributed by atoms with Crippen molar-refractivity contribution in [3.05, 3.63) is 0 Å². The molecule has 5 heteroatoms. The molecule has 0 bridgehead atoms. The molecule has 2 unspecified atom stereocenters. The predicted octanol–water partition coefficient (Wildman–Crippen LogP) is 2.60. The van der Waals surface area contributed by atoms with Gasteiger partial charge in [-0.05, 0) is 57.3 Å². The highest BCUT2D eigenvalue weighted by Crippen LogP contribution is 2.36. The van der Waals surface area contributed by atoms with Crippen molar-refractivity contribution >= 4 is 12.0 Å². The van der Waals surface area contributed by atoms with Crippen molar-refractivity contribution < 1.29 is 14.7 Å². The van der Waals surface area contributed by atoms with Crippen LogP contribution < -0.4 is 5.32 Å². The number of aliphatic carboxylic acids is 1. The van der Waals surface area contributed by atoms with E-state index in [4.69, 9.17) is 5.11 Å². The van der Waals surface area contributed by atoms with Crippen molar-refractivity contribution in [2.24, 2.45) is 11.8 Å². The second kappa shape index (κ2) is 6.24. The summed E-state index contributed by atoms with van der Waals surface area (Å²) in [5.74, 6) is -0.191. The van der Waals surface area contributed by atoms with Crippen LogP contribution in [-0.4, -0.2) is 40.6 Å². The Morgan fingerprint density at radius 2 is 1.67 bits per heavy atom. The number of likely N-dealkylation sites (tertiary alicyclic amines) is 1. The van der Waals surface area contributed by atoms with Gasteiger partial charge in [-0.15, -0.1) is 0 Å². The van der Waals surface area contributed by atoms with Crippen LogP contribution in [0.2, 0.25) is 0 Å². The number of carboxylic acid groups (broad SMARTS) is 1. The second-order valence-electron chi connectivity index (χ2n) is 6.93. The number of carbonyl (C=O) groups is 2. The Bertz CT molecular complexity index is 404. The molecule has 1 aliphatic heterocycles. The summed E-state index contributed by atoms with van der Waals surface area (Å²) >= 11 is 0. The van der Waals surface area contributed by atoms with E-state index in [-0.39, 0.29) is 18.0 Å². The fraction of sp³-hybridized carbons (Fsp3) is 0.875. The largest absolute Gasteiger partial charge is 0.481 e. The van der Waals surface area contributed by atoms with Gasteiger partial charge in [0.1, 0.15) is 0 Å². The van der Waals surface area contributed by atoms with Crippen molar-refractivity contribution in [3.63, 3.8) is 0 Å². The van der Waals surface area contributed by atoms with E-state index in [1.807, 2.05) is 0 Å². The monoisotopic (exact) mass is 294 g/mol. The van der Waals surface area contributed by atoms with Gasteiger partial charge in [0.05, 0.1) is 5.92 Å². The molecule has 0 aromatic carbocycles. The molecule has 3 aliphatic rings. The van der Waals surface area contributed by atoms with E-state index in [0.29, 0.717) is 24.8 Å². The number of carbonyl (C=O) groups excluding carboxylic acids is 1. The van der Waals surface area contributed by atoms with Crippen molar-refractivity contribution in [2.75, 3.05) is 6.54 Å². The first-order valence-corrected chi connectivity index (χ1v) is 8.45. The highest BCUT2D eigenvalue weighted by molar-refractivity contribution is 5.75. The van der Waals surface area contributed by atoms with Crippen molar-refractivity contribution in [3.8, 4) is 0 Å². The Morgan fingerprint density at radius 1 is 0.952 bits per heavy atom. The van der Waals surface area contributed by atoms with E-state index in [9.17, 15) is 9.59 Å². The molecular formula is C16H26N2O3. The Kier molecular flexibility index (Phi) is 4.36. The number of amides is 2. The van der Waals surface area contributed by atoms with Gasteiger partial charge in [-0.1, -0.05) is 6.42 Å². The average Bonchev–Trinajstić information content (AvgIpc) is 2.96. The number of fused-ring (bicyclic) bond motifs is 1. The molecule has 2 amide bonds. The van der Waals surface area contributed by atoms with E-state index in [2.05, 4.69) is 10.2 Å². The van der Waals surface area contributed by atoms with Crippen molar-refractivity contribution in [1.82, 2.24) is 10.2 Å². The standard InChI is InChI=1S/C16H26N2O3/c19-15(20)12-6-8-13(9-7-12)17-16(21)18-10-2-4-11-3-1-5-14(11)18/h11-14H,1-10H2,(H,17,21)(H,19,20). The highest BCUT2D eigenvalue weighted by atomic mass is 16.4. The number of piperidine rings is 1. The van der Waals surface area contributed by atoms with E-state index < -0.39 is 5.97 Å². The SMILES string of the molecule is O=C(O)C1CCC(NC(=O)N2CCCC3CCCC32)CC1. The zero-order valence-corrected chi connectivity index (χ0v) is 12.6. The van der Waals surface area contributed by atoms with E-state index in [1.165, 1.54) is 19.3 Å². The normalized spacial score (nSPS) is 36.1. The lowest BCUT2D eigenvalue weighted by Gasteiger charge is -2.39. The summed E-state index contributed by atoms with van der Waals surface area (Å²) in [6.07, 6.45) is 9.05. The Balaban J connectivity index is 1.51. The molecular weight excluding hydrogens is 268 g/mol. The Labute approximate surface area is 126 Å². The van der Waals surface area contributed by atoms with Gasteiger partial charge in [0.25, 0.3) is 0 Å². The van der Waals surface area contributed by atoms with Gasteiger partial charge in [0.2, 0.25) is 0 Å². The zero-order valence-electron chi connectivity index (χ0n) is 12.6. The zero-order chi connectivity index (χ0) is 14.8. The summed E-state index contributed by atoms with van der Waals surface area (Å²) in [5.41, 5.74) is 0. The van der Waals surface area contributed by atoms with Crippen molar-refractivity contribution in [1.29, 1.82) is 0 Å². The first-order chi connectivity index (χ1) is 10.1. The first kappa shape index (κ1) is 14.7. The van der Waals surface area contributed by atoms with Crippen LogP contribution in [0.5, 0.6) is 0 Å². The molecule has 3 rings (SSSR count). The molecule has 0 aromatic rings. The number of nitrogens with zero attached hydrogens (tertiary/aromatic N) is 1. The summed E-state index contributed by atoms with van der Waals surface area (Å²) in [5, 5.41) is 12.2. The Hall–Kier alpha value is -1.26. The number of hydrogen-bond acceptors (Lipinski definition) is 2. The summed E-state index contributed by atoms with van der Waals surface area (Å²) in [4.78, 5) is 25.5. The molecule has 21 heavy (non-hydrogen) atoms. The van der Waals surface area contributed by atoms with Gasteiger partial charge in [-0.25, -0.2) is 4.79 Å². The van der Waals surface area contributed by atoms with Gasteiger partial charge < -0.3 is 15.3 Å². The fourth-order valence-electron chi connectivity index (χ4n) is 4.45. The van der Waals surface area contributed by atoms with Crippen LogP contribution >= 0.6 is 0 Å². The van der Waals surface area contributed by atoms with Crippen LogP contribution in [0.3, 0.4) is 0 Å². The maximum absolute atomic E-state index is 12.5. The fourth-order valence-corrected chi connectivity index (χ4v) is 4.45. The lowest BCUT2D eigenvalue weighted by molar-refractivity contribution is -0.142. The van der Waals surface area contributed by atoms with Crippen LogP contribution in [0.4, 0.5) is 4.79 Å². The molecule has 0 aromatic heterocycles. The Morgan fingerprint density at radius 3 is 2.38 bits per heavy atom. The van der Waals surface area contributed by atoms with Crippen LogP contribution in [0.25, 0.3) is 0 Å². The average molecular weight is 294 g/mol. The maximum Gasteiger partial charge on any atom is 0.317 e. The maximum atomic E-state index is 12.5. The highest BCUT2D eigenvalue weighted by Gasteiger charge is 2.38. The molecule has 2 N–H and O–H groups in total. The molecule has 2 atom stereocenters. The van der Waals surface area contributed by atoms with Crippen LogP contribution in [0.1, 0.15) is 57.8 Å². The number of carboxylic acids is 1. The number of nitrogens with one attached hydrogen (secondary N) is 1. The van der Waals surface area contributed by atoms with Gasteiger partial charge in [-0.3, -0.25) is 4.79 Å². The van der Waals surface area contributed by atoms with Gasteiger partial charge in [-0.2, -0.15) is 0 Å². The minimum atomic E-state index is -0.690. The molecule has 2 aliphatic carbocycles.